The van der Waals surface area contributed by atoms with Crippen molar-refractivity contribution in [3.8, 4) is 0 Å². The summed E-state index contributed by atoms with van der Waals surface area (Å²) in [6.07, 6.45) is -0.712. The van der Waals surface area contributed by atoms with Crippen molar-refractivity contribution >= 4 is 18.2 Å². The predicted octanol–water partition coefficient (Wildman–Crippen LogP) is -1.47. The Balaban J connectivity index is 4.55. The van der Waals surface area contributed by atoms with Gasteiger partial charge in [0.1, 0.15) is 0 Å². The van der Waals surface area contributed by atoms with Gasteiger partial charge in [0.25, 0.3) is 0 Å². The SMILES string of the molecule is COC(=O)[C@](N)(C=O)CC(=O)O. The van der Waals surface area contributed by atoms with E-state index in [0.717, 1.165) is 7.11 Å². The fourth-order valence-corrected chi connectivity index (χ4v) is 0.602. The number of carboxylic acid groups (broad SMARTS) is 1. The fourth-order valence-electron chi connectivity index (χ4n) is 0.602. The summed E-state index contributed by atoms with van der Waals surface area (Å²) >= 11 is 0. The molecule has 0 radical (unpaired) electrons. The van der Waals surface area contributed by atoms with Gasteiger partial charge in [-0.05, 0) is 0 Å². The van der Waals surface area contributed by atoms with Crippen LogP contribution in [-0.4, -0.2) is 36.0 Å². The van der Waals surface area contributed by atoms with Crippen molar-refractivity contribution in [2.45, 2.75) is 12.0 Å². The number of carbonyl (C=O) groups excluding carboxylic acids is 2. The summed E-state index contributed by atoms with van der Waals surface area (Å²) in [5, 5.41) is 8.28. The number of carboxylic acids is 1. The summed E-state index contributed by atoms with van der Waals surface area (Å²) in [6, 6.07) is 0. The number of aliphatic carboxylic acids is 1. The van der Waals surface area contributed by atoms with Crippen LogP contribution in [0.4, 0.5) is 0 Å². The number of hydrogen-bond acceptors (Lipinski definition) is 5. The molecule has 0 saturated heterocycles. The number of ether oxygens (including phenoxy) is 1. The van der Waals surface area contributed by atoms with Crippen LogP contribution in [0.3, 0.4) is 0 Å². The van der Waals surface area contributed by atoms with E-state index in [4.69, 9.17) is 10.8 Å². The van der Waals surface area contributed by atoms with Crippen LogP contribution >= 0.6 is 0 Å². The number of esters is 1. The molecule has 0 saturated carbocycles. The molecule has 0 spiro atoms. The first-order chi connectivity index (χ1) is 5.46. The zero-order chi connectivity index (χ0) is 9.78. The lowest BCUT2D eigenvalue weighted by atomic mass is 9.99. The second-order valence-electron chi connectivity index (χ2n) is 2.22. The molecule has 0 aliphatic rings. The molecule has 0 amide bonds. The summed E-state index contributed by atoms with van der Waals surface area (Å²) in [5.41, 5.74) is 3.06. The summed E-state index contributed by atoms with van der Waals surface area (Å²) in [7, 11) is 1.02. The maximum atomic E-state index is 10.8. The first kappa shape index (κ1) is 10.6. The minimum atomic E-state index is -2.07. The molecule has 0 bridgehead atoms. The molecule has 0 aliphatic carbocycles. The summed E-state index contributed by atoms with van der Waals surface area (Å²) in [6.45, 7) is 0. The minimum Gasteiger partial charge on any atom is -0.481 e. The number of rotatable bonds is 4. The fraction of sp³-hybridized carbons (Fsp3) is 0.500. The number of aldehydes is 1. The summed E-state index contributed by atoms with van der Waals surface area (Å²) in [5.74, 6) is -2.39. The van der Waals surface area contributed by atoms with Crippen molar-refractivity contribution in [3.05, 3.63) is 0 Å². The van der Waals surface area contributed by atoms with Crippen LogP contribution in [0, 0.1) is 0 Å². The van der Waals surface area contributed by atoms with Gasteiger partial charge < -0.3 is 20.4 Å². The van der Waals surface area contributed by atoms with Gasteiger partial charge in [0.05, 0.1) is 13.5 Å². The van der Waals surface area contributed by atoms with Gasteiger partial charge in [0.15, 0.2) is 11.8 Å². The highest BCUT2D eigenvalue weighted by Gasteiger charge is 2.37. The monoisotopic (exact) mass is 175 g/mol. The molecule has 1 atom stereocenters. The van der Waals surface area contributed by atoms with E-state index < -0.39 is 23.9 Å². The predicted molar refractivity (Wildman–Crippen MR) is 37.3 cm³/mol. The van der Waals surface area contributed by atoms with Gasteiger partial charge in [-0.25, -0.2) is 4.79 Å². The Kier molecular flexibility index (Phi) is 3.36. The van der Waals surface area contributed by atoms with Crippen molar-refractivity contribution in [1.82, 2.24) is 0 Å². The second kappa shape index (κ2) is 3.82. The molecule has 0 rings (SSSR count). The Labute approximate surface area is 68.3 Å². The summed E-state index contributed by atoms with van der Waals surface area (Å²) in [4.78, 5) is 31.2. The van der Waals surface area contributed by atoms with E-state index in [0.29, 0.717) is 0 Å². The average Bonchev–Trinajstić information content (AvgIpc) is 2.01. The highest BCUT2D eigenvalue weighted by molar-refractivity contribution is 6.01. The van der Waals surface area contributed by atoms with Crippen LogP contribution in [0.5, 0.6) is 0 Å². The topological polar surface area (TPSA) is 107 Å². The molecule has 6 heteroatoms. The van der Waals surface area contributed by atoms with Crippen molar-refractivity contribution < 1.29 is 24.2 Å². The van der Waals surface area contributed by atoms with Gasteiger partial charge in [-0.1, -0.05) is 0 Å². The lowest BCUT2D eigenvalue weighted by molar-refractivity contribution is -0.153. The first-order valence-electron chi connectivity index (χ1n) is 3.01. The Bertz CT molecular complexity index is 214. The molecule has 0 aromatic heterocycles. The normalized spacial score (nSPS) is 14.5. The third-order valence-corrected chi connectivity index (χ3v) is 1.22. The maximum absolute atomic E-state index is 10.8. The molecule has 0 heterocycles. The standard InChI is InChI=1S/C6H9NO5/c1-12-5(11)6(7,3-8)2-4(9)10/h3H,2,7H2,1H3,(H,9,10)/t6-/m1/s1. The van der Waals surface area contributed by atoms with E-state index in [9.17, 15) is 14.4 Å². The second-order valence-corrected chi connectivity index (χ2v) is 2.22. The third kappa shape index (κ3) is 2.31. The van der Waals surface area contributed by atoms with E-state index in [2.05, 4.69) is 4.74 Å². The van der Waals surface area contributed by atoms with Crippen LogP contribution in [0.25, 0.3) is 0 Å². The van der Waals surface area contributed by atoms with Crippen molar-refractivity contribution in [1.29, 1.82) is 0 Å². The van der Waals surface area contributed by atoms with Gasteiger partial charge in [-0.2, -0.15) is 0 Å². The van der Waals surface area contributed by atoms with Gasteiger partial charge >= 0.3 is 11.9 Å². The Morgan fingerprint density at radius 1 is 1.67 bits per heavy atom. The molecule has 0 aromatic rings. The van der Waals surface area contributed by atoms with Crippen LogP contribution in [0.1, 0.15) is 6.42 Å². The first-order valence-corrected chi connectivity index (χ1v) is 3.01. The molecular weight excluding hydrogens is 166 g/mol. The van der Waals surface area contributed by atoms with Gasteiger partial charge in [0, 0.05) is 0 Å². The van der Waals surface area contributed by atoms with Crippen molar-refractivity contribution in [2.24, 2.45) is 5.73 Å². The largest absolute Gasteiger partial charge is 0.481 e. The molecule has 68 valence electrons. The number of methoxy groups -OCH3 is 1. The van der Waals surface area contributed by atoms with Crippen LogP contribution in [-0.2, 0) is 19.1 Å². The molecule has 12 heavy (non-hydrogen) atoms. The highest BCUT2D eigenvalue weighted by atomic mass is 16.5. The van der Waals surface area contributed by atoms with E-state index in [1.165, 1.54) is 0 Å². The zero-order valence-electron chi connectivity index (χ0n) is 6.44. The van der Waals surface area contributed by atoms with Gasteiger partial charge in [0.2, 0.25) is 0 Å². The molecule has 0 fully saturated rings. The number of carbonyl (C=O) groups is 3. The molecule has 0 aromatic carbocycles. The Morgan fingerprint density at radius 2 is 2.17 bits per heavy atom. The third-order valence-electron chi connectivity index (χ3n) is 1.22. The van der Waals surface area contributed by atoms with Gasteiger partial charge in [-0.3, -0.25) is 4.79 Å². The lowest BCUT2D eigenvalue weighted by Gasteiger charge is -2.16. The number of hydrogen-bond donors (Lipinski definition) is 2. The van der Waals surface area contributed by atoms with Crippen molar-refractivity contribution in [2.75, 3.05) is 7.11 Å². The van der Waals surface area contributed by atoms with Crippen LogP contribution in [0.2, 0.25) is 0 Å². The van der Waals surface area contributed by atoms with E-state index in [1.807, 2.05) is 0 Å². The Hall–Kier alpha value is -1.43. The summed E-state index contributed by atoms with van der Waals surface area (Å²) < 4.78 is 4.15. The molecule has 0 aliphatic heterocycles. The van der Waals surface area contributed by atoms with Gasteiger partial charge in [-0.15, -0.1) is 0 Å². The number of nitrogens with two attached hydrogens (primary N) is 1. The minimum absolute atomic E-state index is 0.0625. The highest BCUT2D eigenvalue weighted by Crippen LogP contribution is 2.05. The van der Waals surface area contributed by atoms with E-state index >= 15 is 0 Å². The molecule has 3 N–H and O–H groups in total. The van der Waals surface area contributed by atoms with E-state index in [1.54, 1.807) is 0 Å². The van der Waals surface area contributed by atoms with Crippen LogP contribution in [0.15, 0.2) is 0 Å². The molecule has 0 unspecified atom stereocenters. The average molecular weight is 175 g/mol. The zero-order valence-corrected chi connectivity index (χ0v) is 6.44. The van der Waals surface area contributed by atoms with Crippen molar-refractivity contribution in [3.63, 3.8) is 0 Å². The molecule has 6 nitrogen and oxygen atoms in total. The smallest absolute Gasteiger partial charge is 0.333 e. The molecular formula is C6H9NO5. The lowest BCUT2D eigenvalue weighted by Crippen LogP contribution is -2.51. The Morgan fingerprint density at radius 3 is 2.42 bits per heavy atom. The van der Waals surface area contributed by atoms with Crippen LogP contribution < -0.4 is 5.73 Å². The maximum Gasteiger partial charge on any atom is 0.333 e. The quantitative estimate of drug-likeness (QED) is 0.307. The van der Waals surface area contributed by atoms with E-state index in [-0.39, 0.29) is 6.29 Å².